The van der Waals surface area contributed by atoms with Gasteiger partial charge in [-0.25, -0.2) is 14.8 Å². The second-order valence-electron chi connectivity index (χ2n) is 29.0. The Bertz CT molecular complexity index is 3670. The number of carboxylic acids is 2. The molecular formula is C69H113N23O21S. The normalized spacial score (nSPS) is 16.6. The lowest BCUT2D eigenvalue weighted by Gasteiger charge is -2.32. The summed E-state index contributed by atoms with van der Waals surface area (Å²) >= 11 is 4.12. The molecule has 0 spiro atoms. The maximum Gasteiger partial charge on any atom is 0.326 e. The molecule has 1 aliphatic rings. The highest BCUT2D eigenvalue weighted by Crippen LogP contribution is 2.22. The van der Waals surface area contributed by atoms with Gasteiger partial charge in [0.2, 0.25) is 88.6 Å². The molecule has 0 aromatic carbocycles. The standard InChI is InChI=1S/C69H113N23O21S/c1-30(2)20-42(83-59(103)43(21-37-24-74-28-77-37)85-62(106)46(27-114)87-56(100)39(70)23-49(96)97)58(102)79-34(9)54(98)81-40(16-17-48(71)95)57(101)90-52(33(7)8)67(111)92-19-13-15-47(92)63(107)86-45(26-93)61(105)84-44(22-38-25-75-29-78-38)60(104)91-53(36(11)94)66(110)89-51(32(5)6)65(109)88-50(31(3)4)64(108)80-35(10)55(99)82-41(68(112)113)14-12-18-76-69(72)73/h24-25,28-36,39-47,50-53,93-94,114H,12-23,26-27,70H2,1-11H3,(H2,71,95)(H,74,77)(H,75,78)(H,79,102)(H,80,108)(H,81,98)(H,82,99)(H,83,103)(H,84,105)(H,85,106)(H,86,107)(H,87,100)(H,88,109)(H,89,110)(H,90,101)(H,91,104)(H,96,97)(H,112,113)(H4,72,73,76)/t34-,35-,36+,39-,40-,41-,42-,43-,44-,45-,46-,47-,50-,51-,52-,53-/m0/s1. The zero-order valence-corrected chi connectivity index (χ0v) is 66.4. The van der Waals surface area contributed by atoms with Gasteiger partial charge in [-0.15, -0.1) is 0 Å². The number of nitrogens with zero attached hydrogens (tertiary/aromatic N) is 4. The van der Waals surface area contributed by atoms with Crippen LogP contribution >= 0.6 is 12.6 Å². The van der Waals surface area contributed by atoms with E-state index in [0.717, 1.165) is 11.8 Å². The van der Waals surface area contributed by atoms with E-state index in [1.807, 2.05) is 0 Å². The first-order chi connectivity index (χ1) is 53.4. The summed E-state index contributed by atoms with van der Waals surface area (Å²) in [7, 11) is 0. The molecular weight excluding hydrogens is 1520 g/mol. The van der Waals surface area contributed by atoms with Crippen molar-refractivity contribution in [3.05, 3.63) is 36.4 Å². The van der Waals surface area contributed by atoms with Crippen LogP contribution in [0.25, 0.3) is 0 Å². The number of carbonyl (C=O) groups is 17. The number of carbonyl (C=O) groups excluding carboxylic acids is 15. The number of carboxylic acid groups (broad SMARTS) is 2. The van der Waals surface area contributed by atoms with Crippen molar-refractivity contribution in [3.63, 3.8) is 0 Å². The Labute approximate surface area is 663 Å². The van der Waals surface area contributed by atoms with Gasteiger partial charge in [0.15, 0.2) is 5.96 Å². The molecule has 3 heterocycles. The van der Waals surface area contributed by atoms with Crippen LogP contribution in [-0.2, 0) is 94.3 Å². The van der Waals surface area contributed by atoms with Crippen LogP contribution in [0.1, 0.15) is 139 Å². The Morgan fingerprint density at radius 2 is 0.956 bits per heavy atom. The van der Waals surface area contributed by atoms with Gasteiger partial charge < -0.3 is 127 Å². The number of aliphatic hydroxyl groups excluding tert-OH is 2. The number of aliphatic imine (C=N–C) groups is 1. The van der Waals surface area contributed by atoms with Crippen molar-refractivity contribution in [2.45, 2.75) is 237 Å². The molecule has 0 unspecified atom stereocenters. The molecule has 636 valence electrons. The molecule has 2 aromatic heterocycles. The number of aromatic nitrogens is 4. The van der Waals surface area contributed by atoms with E-state index in [0.29, 0.717) is 5.69 Å². The van der Waals surface area contributed by atoms with Gasteiger partial charge >= 0.3 is 11.9 Å². The average Bonchev–Trinajstić information content (AvgIpc) is 1.61. The number of imidazole rings is 2. The van der Waals surface area contributed by atoms with Gasteiger partial charge in [0.1, 0.15) is 84.6 Å². The third-order valence-electron chi connectivity index (χ3n) is 17.9. The molecule has 16 atom stereocenters. The predicted octanol–water partition coefficient (Wildman–Crippen LogP) is -8.23. The van der Waals surface area contributed by atoms with E-state index in [4.69, 9.17) is 28.0 Å². The summed E-state index contributed by atoms with van der Waals surface area (Å²) in [5.74, 6) is -20.1. The Balaban J connectivity index is 1.79. The fourth-order valence-corrected chi connectivity index (χ4v) is 11.8. The number of likely N-dealkylation sites (tertiary alicyclic amines) is 1. The number of aromatic amines is 2. The van der Waals surface area contributed by atoms with Crippen LogP contribution in [0.2, 0.25) is 0 Å². The Morgan fingerprint density at radius 1 is 0.526 bits per heavy atom. The zero-order valence-electron chi connectivity index (χ0n) is 65.5. The maximum absolute atomic E-state index is 14.6. The first-order valence-electron chi connectivity index (χ1n) is 37.0. The highest BCUT2D eigenvalue weighted by molar-refractivity contribution is 7.80. The van der Waals surface area contributed by atoms with E-state index in [1.54, 1.807) is 41.5 Å². The number of aliphatic carboxylic acids is 2. The summed E-state index contributed by atoms with van der Waals surface area (Å²) in [4.78, 5) is 248. The number of hydrogen-bond acceptors (Lipinski definition) is 24. The molecule has 1 saturated heterocycles. The van der Waals surface area contributed by atoms with Crippen LogP contribution in [-0.4, -0.2) is 274 Å². The minimum absolute atomic E-state index is 0.00286. The minimum atomic E-state index is -1.85. The van der Waals surface area contributed by atoms with Gasteiger partial charge in [-0.05, 0) is 83.0 Å². The third kappa shape index (κ3) is 32.2. The van der Waals surface area contributed by atoms with Gasteiger partial charge in [0, 0.05) is 61.9 Å². The number of guanidine groups is 1. The van der Waals surface area contributed by atoms with Crippen molar-refractivity contribution >= 4 is 119 Å². The zero-order chi connectivity index (χ0) is 86.1. The average molecular weight is 1630 g/mol. The van der Waals surface area contributed by atoms with Crippen LogP contribution < -0.4 is 92.1 Å². The van der Waals surface area contributed by atoms with Gasteiger partial charge in [-0.1, -0.05) is 55.4 Å². The number of nitrogens with one attached hydrogen (secondary N) is 15. The molecule has 2 aromatic rings. The Morgan fingerprint density at radius 3 is 1.41 bits per heavy atom. The van der Waals surface area contributed by atoms with Crippen LogP contribution in [0.15, 0.2) is 30.0 Å². The molecule has 1 aliphatic heterocycles. The van der Waals surface area contributed by atoms with Crippen molar-refractivity contribution in [2.75, 3.05) is 25.4 Å². The van der Waals surface area contributed by atoms with Crippen molar-refractivity contribution < 1.29 is 102 Å². The first kappa shape index (κ1) is 97.1. The third-order valence-corrected chi connectivity index (χ3v) is 18.3. The van der Waals surface area contributed by atoms with Crippen molar-refractivity contribution in [1.29, 1.82) is 0 Å². The molecule has 0 aliphatic carbocycles. The topological polar surface area (TPSA) is 705 Å². The summed E-state index contributed by atoms with van der Waals surface area (Å²) in [6.45, 7) is 15.4. The summed E-state index contributed by atoms with van der Waals surface area (Å²) in [5.41, 5.74) is 22.4. The maximum atomic E-state index is 14.6. The van der Waals surface area contributed by atoms with E-state index in [-0.39, 0.29) is 81.4 Å². The molecule has 0 radical (unpaired) electrons. The highest BCUT2D eigenvalue weighted by atomic mass is 32.1. The number of hydrogen-bond donors (Lipinski definition) is 24. The minimum Gasteiger partial charge on any atom is -0.481 e. The number of nitrogens with two attached hydrogens (primary N) is 4. The molecule has 0 bridgehead atoms. The van der Waals surface area contributed by atoms with Crippen molar-refractivity contribution in [3.8, 4) is 0 Å². The van der Waals surface area contributed by atoms with Crippen LogP contribution in [0.3, 0.4) is 0 Å². The van der Waals surface area contributed by atoms with E-state index >= 15 is 0 Å². The number of aliphatic hydroxyl groups is 2. The Kier molecular flexibility index (Phi) is 40.4. The number of H-pyrrole nitrogens is 2. The second-order valence-corrected chi connectivity index (χ2v) is 29.4. The number of primary amides is 1. The fourth-order valence-electron chi connectivity index (χ4n) is 11.5. The largest absolute Gasteiger partial charge is 0.481 e. The summed E-state index contributed by atoms with van der Waals surface area (Å²) in [5, 5.41) is 72.4. The van der Waals surface area contributed by atoms with E-state index in [9.17, 15) is 96.8 Å². The molecule has 15 amide bonds. The van der Waals surface area contributed by atoms with Crippen LogP contribution in [0, 0.1) is 23.7 Å². The fraction of sp³-hybridized carbons (Fsp3) is 0.652. The van der Waals surface area contributed by atoms with Crippen molar-refractivity contribution in [2.24, 2.45) is 51.6 Å². The lowest BCUT2D eigenvalue weighted by molar-refractivity contribution is -0.143. The van der Waals surface area contributed by atoms with Gasteiger partial charge in [-0.2, -0.15) is 12.6 Å². The summed E-state index contributed by atoms with van der Waals surface area (Å²) < 4.78 is 0. The van der Waals surface area contributed by atoms with Crippen LogP contribution in [0.4, 0.5) is 0 Å². The summed E-state index contributed by atoms with van der Waals surface area (Å²) in [6.07, 6.45) is 1.54. The molecule has 3 rings (SSSR count). The van der Waals surface area contributed by atoms with E-state index < -0.39 is 241 Å². The predicted molar refractivity (Wildman–Crippen MR) is 409 cm³/mol. The summed E-state index contributed by atoms with van der Waals surface area (Å²) in [6, 6.07) is -22.5. The lowest BCUT2D eigenvalue weighted by Crippen LogP contribution is -2.63. The van der Waals surface area contributed by atoms with Gasteiger partial charge in [-0.3, -0.25) is 81.7 Å². The SMILES string of the molecule is CC(C)C[C@H](NC(=O)[C@H](Cc1cnc[nH]1)NC(=O)[C@H](CS)NC(=O)[C@@H](N)CC(=O)O)C(=O)N[C@@H](C)C(=O)N[C@@H](CCC(N)=O)C(=O)N[C@H](C(=O)N1CCC[C@H]1C(=O)N[C@@H](CO)C(=O)N[C@@H](Cc1cnc[nH]1)C(=O)N[C@H](C(=O)N[C@H](C(=O)N[C@H](C(=O)N[C@@H](C)C(=O)N[C@@H](CCCN=C(N)N)C(=O)O)C(C)C)C(C)C)[C@@H](C)O)C(C)C. The van der Waals surface area contributed by atoms with Crippen molar-refractivity contribution in [1.82, 2.24) is 94.0 Å². The molecule has 27 N–H and O–H groups in total. The van der Waals surface area contributed by atoms with E-state index in [1.165, 1.54) is 52.7 Å². The Hall–Kier alpha value is -11.1. The number of amides is 15. The molecule has 45 heteroatoms. The monoisotopic (exact) mass is 1630 g/mol. The van der Waals surface area contributed by atoms with Gasteiger partial charge in [0.25, 0.3) is 0 Å². The van der Waals surface area contributed by atoms with Gasteiger partial charge in [0.05, 0.1) is 37.8 Å². The molecule has 0 saturated carbocycles. The molecule has 114 heavy (non-hydrogen) atoms. The second kappa shape index (κ2) is 47.4. The number of rotatable bonds is 49. The van der Waals surface area contributed by atoms with E-state index in [2.05, 4.69) is 107 Å². The number of thiol groups is 1. The van der Waals surface area contributed by atoms with Crippen LogP contribution in [0.5, 0.6) is 0 Å². The highest BCUT2D eigenvalue weighted by Gasteiger charge is 2.43. The molecule has 1 fully saturated rings. The first-order valence-corrected chi connectivity index (χ1v) is 37.7. The quantitative estimate of drug-likeness (QED) is 0.0127. The smallest absolute Gasteiger partial charge is 0.326 e. The molecule has 44 nitrogen and oxygen atoms in total. The lowest BCUT2D eigenvalue weighted by atomic mass is 9.98.